The van der Waals surface area contributed by atoms with Crippen LogP contribution in [0.15, 0.2) is 30.3 Å². The summed E-state index contributed by atoms with van der Waals surface area (Å²) in [4.78, 5) is 23.6. The first kappa shape index (κ1) is 18.2. The first-order chi connectivity index (χ1) is 11.5. The molecule has 1 aromatic carbocycles. The van der Waals surface area contributed by atoms with Gasteiger partial charge in [0.2, 0.25) is 0 Å². The number of hydrogen-bond donors (Lipinski definition) is 1. The summed E-state index contributed by atoms with van der Waals surface area (Å²) < 4.78 is 17.7. The number of ether oxygens (including phenoxy) is 1. The molecular formula is C19H24FNO3. The minimum absolute atomic E-state index is 0.148. The van der Waals surface area contributed by atoms with Crippen LogP contribution in [0.2, 0.25) is 0 Å². The van der Waals surface area contributed by atoms with Gasteiger partial charge in [-0.2, -0.15) is 0 Å². The van der Waals surface area contributed by atoms with Crippen molar-refractivity contribution in [3.05, 3.63) is 41.7 Å². The molecule has 4 nitrogen and oxygen atoms in total. The van der Waals surface area contributed by atoms with E-state index in [4.69, 9.17) is 4.74 Å². The highest BCUT2D eigenvalue weighted by Gasteiger charge is 2.28. The summed E-state index contributed by atoms with van der Waals surface area (Å²) in [6.07, 6.45) is 6.01. The summed E-state index contributed by atoms with van der Waals surface area (Å²) in [5.41, 5.74) is 0.683. The molecule has 1 aliphatic rings. The largest absolute Gasteiger partial charge is 0.452 e. The quantitative estimate of drug-likeness (QED) is 0.664. The second-order valence-electron chi connectivity index (χ2n) is 6.43. The van der Waals surface area contributed by atoms with Crippen molar-refractivity contribution in [1.82, 2.24) is 5.32 Å². The monoisotopic (exact) mass is 333 g/mol. The molecule has 0 saturated heterocycles. The SMILES string of the molecule is C[C@@H]1[C@@H](C)CCC[C@H]1NC(=O)COC(=O)/C=C/c1ccc(F)cc1. The average Bonchev–Trinajstić information content (AvgIpc) is 2.56. The molecule has 24 heavy (non-hydrogen) atoms. The third-order valence-electron chi connectivity index (χ3n) is 4.68. The Morgan fingerprint density at radius 2 is 1.96 bits per heavy atom. The van der Waals surface area contributed by atoms with E-state index in [1.807, 2.05) is 0 Å². The molecule has 130 valence electrons. The maximum Gasteiger partial charge on any atom is 0.331 e. The van der Waals surface area contributed by atoms with E-state index in [-0.39, 0.29) is 24.4 Å². The van der Waals surface area contributed by atoms with Crippen molar-refractivity contribution in [3.8, 4) is 0 Å². The van der Waals surface area contributed by atoms with E-state index in [0.717, 1.165) is 12.8 Å². The van der Waals surface area contributed by atoms with Gasteiger partial charge in [-0.15, -0.1) is 0 Å². The predicted octanol–water partition coefficient (Wildman–Crippen LogP) is 3.32. The van der Waals surface area contributed by atoms with Crippen molar-refractivity contribution in [2.75, 3.05) is 6.61 Å². The number of carbonyl (C=O) groups is 2. The molecule has 0 aliphatic heterocycles. The number of hydrogen-bond acceptors (Lipinski definition) is 3. The maximum absolute atomic E-state index is 12.8. The van der Waals surface area contributed by atoms with Crippen LogP contribution in [-0.4, -0.2) is 24.5 Å². The van der Waals surface area contributed by atoms with Crippen molar-refractivity contribution < 1.29 is 18.7 Å². The Balaban J connectivity index is 1.74. The van der Waals surface area contributed by atoms with Crippen LogP contribution < -0.4 is 5.32 Å². The molecule has 0 heterocycles. The van der Waals surface area contributed by atoms with Crippen LogP contribution in [-0.2, 0) is 14.3 Å². The lowest BCUT2D eigenvalue weighted by Crippen LogP contribution is -2.45. The van der Waals surface area contributed by atoms with Gasteiger partial charge in [0.25, 0.3) is 5.91 Å². The molecule has 5 heteroatoms. The summed E-state index contributed by atoms with van der Waals surface area (Å²) >= 11 is 0. The number of rotatable bonds is 5. The molecule has 2 rings (SSSR count). The molecule has 1 aliphatic carbocycles. The Labute approximate surface area is 142 Å². The molecule has 3 atom stereocenters. The van der Waals surface area contributed by atoms with Gasteiger partial charge in [0.1, 0.15) is 5.82 Å². The lowest BCUT2D eigenvalue weighted by Gasteiger charge is -2.34. The average molecular weight is 333 g/mol. The molecule has 0 aromatic heterocycles. The molecule has 1 amide bonds. The fraction of sp³-hybridized carbons (Fsp3) is 0.474. The van der Waals surface area contributed by atoms with Gasteiger partial charge in [0.05, 0.1) is 0 Å². The normalized spacial score (nSPS) is 23.9. The topological polar surface area (TPSA) is 55.4 Å². The number of halogens is 1. The minimum Gasteiger partial charge on any atom is -0.452 e. The van der Waals surface area contributed by atoms with Crippen molar-refractivity contribution in [2.24, 2.45) is 11.8 Å². The first-order valence-electron chi connectivity index (χ1n) is 8.35. The van der Waals surface area contributed by atoms with E-state index < -0.39 is 5.97 Å². The molecule has 0 unspecified atom stereocenters. The summed E-state index contributed by atoms with van der Waals surface area (Å²) in [5, 5.41) is 2.95. The Morgan fingerprint density at radius 1 is 1.25 bits per heavy atom. The Bertz CT molecular complexity index is 597. The van der Waals surface area contributed by atoms with Crippen LogP contribution >= 0.6 is 0 Å². The van der Waals surface area contributed by atoms with Crippen LogP contribution in [0.3, 0.4) is 0 Å². The fourth-order valence-corrected chi connectivity index (χ4v) is 2.96. The summed E-state index contributed by atoms with van der Waals surface area (Å²) in [6, 6.07) is 5.87. The Kier molecular flexibility index (Phi) is 6.53. The lowest BCUT2D eigenvalue weighted by molar-refractivity contribution is -0.144. The third-order valence-corrected chi connectivity index (χ3v) is 4.68. The summed E-state index contributed by atoms with van der Waals surface area (Å²) in [7, 11) is 0. The van der Waals surface area contributed by atoms with Gasteiger partial charge in [0.15, 0.2) is 6.61 Å². The first-order valence-corrected chi connectivity index (χ1v) is 8.35. The number of esters is 1. The van der Waals surface area contributed by atoms with E-state index >= 15 is 0 Å². The molecular weight excluding hydrogens is 309 g/mol. The second-order valence-corrected chi connectivity index (χ2v) is 6.43. The number of carbonyl (C=O) groups excluding carboxylic acids is 2. The van der Waals surface area contributed by atoms with Gasteiger partial charge in [-0.1, -0.05) is 38.8 Å². The van der Waals surface area contributed by atoms with E-state index in [1.165, 1.54) is 30.7 Å². The van der Waals surface area contributed by atoms with Crippen LogP contribution in [0.4, 0.5) is 4.39 Å². The molecule has 1 aromatic rings. The van der Waals surface area contributed by atoms with Crippen LogP contribution in [0.1, 0.15) is 38.7 Å². The summed E-state index contributed by atoms with van der Waals surface area (Å²) in [6.45, 7) is 4.06. The van der Waals surface area contributed by atoms with Crippen molar-refractivity contribution >= 4 is 18.0 Å². The summed E-state index contributed by atoms with van der Waals surface area (Å²) in [5.74, 6) is -0.191. The standard InChI is InChI=1S/C19H24FNO3/c1-13-4-3-5-17(14(13)2)21-18(22)12-24-19(23)11-8-15-6-9-16(20)10-7-15/h6-11,13-14,17H,3-5,12H2,1-2H3,(H,21,22)/b11-8+/t13-,14+,17+/m0/s1. The predicted molar refractivity (Wildman–Crippen MR) is 90.5 cm³/mol. The van der Waals surface area contributed by atoms with E-state index in [9.17, 15) is 14.0 Å². The van der Waals surface area contributed by atoms with Crippen molar-refractivity contribution in [1.29, 1.82) is 0 Å². The molecule has 1 saturated carbocycles. The van der Waals surface area contributed by atoms with E-state index in [1.54, 1.807) is 12.1 Å². The molecule has 0 radical (unpaired) electrons. The zero-order chi connectivity index (χ0) is 17.5. The molecule has 1 N–H and O–H groups in total. The molecule has 0 bridgehead atoms. The number of nitrogens with one attached hydrogen (secondary N) is 1. The van der Waals surface area contributed by atoms with Crippen molar-refractivity contribution in [2.45, 2.75) is 39.2 Å². The molecule has 0 spiro atoms. The second kappa shape index (κ2) is 8.62. The number of benzene rings is 1. The molecule has 1 fully saturated rings. The van der Waals surface area contributed by atoms with E-state index in [0.29, 0.717) is 17.4 Å². The maximum atomic E-state index is 12.8. The van der Waals surface area contributed by atoms with Crippen LogP contribution in [0, 0.1) is 17.7 Å². The zero-order valence-corrected chi connectivity index (χ0v) is 14.1. The Hall–Kier alpha value is -2.17. The van der Waals surface area contributed by atoms with Gasteiger partial charge in [0, 0.05) is 12.1 Å². The van der Waals surface area contributed by atoms with Gasteiger partial charge >= 0.3 is 5.97 Å². The van der Waals surface area contributed by atoms with Crippen molar-refractivity contribution in [3.63, 3.8) is 0 Å². The van der Waals surface area contributed by atoms with Gasteiger partial charge < -0.3 is 10.1 Å². The Morgan fingerprint density at radius 3 is 2.67 bits per heavy atom. The smallest absolute Gasteiger partial charge is 0.331 e. The van der Waals surface area contributed by atoms with Crippen LogP contribution in [0.5, 0.6) is 0 Å². The highest BCUT2D eigenvalue weighted by atomic mass is 19.1. The lowest BCUT2D eigenvalue weighted by atomic mass is 9.78. The minimum atomic E-state index is -0.598. The van der Waals surface area contributed by atoms with Gasteiger partial charge in [-0.25, -0.2) is 9.18 Å². The fourth-order valence-electron chi connectivity index (χ4n) is 2.96. The van der Waals surface area contributed by atoms with Gasteiger partial charge in [-0.3, -0.25) is 4.79 Å². The highest BCUT2D eigenvalue weighted by Crippen LogP contribution is 2.29. The zero-order valence-electron chi connectivity index (χ0n) is 14.1. The van der Waals surface area contributed by atoms with Gasteiger partial charge in [-0.05, 0) is 42.0 Å². The van der Waals surface area contributed by atoms with E-state index in [2.05, 4.69) is 19.2 Å². The highest BCUT2D eigenvalue weighted by molar-refractivity contribution is 5.89. The van der Waals surface area contributed by atoms with Crippen LogP contribution in [0.25, 0.3) is 6.08 Å². The number of amides is 1. The third kappa shape index (κ3) is 5.48.